The van der Waals surface area contributed by atoms with Gasteiger partial charge in [-0.25, -0.2) is 0 Å². The Morgan fingerprint density at radius 3 is 2.43 bits per heavy atom. The number of methoxy groups -OCH3 is 2. The van der Waals surface area contributed by atoms with Crippen LogP contribution in [0.2, 0.25) is 0 Å². The van der Waals surface area contributed by atoms with Crippen molar-refractivity contribution < 1.29 is 14.6 Å². The monoisotopic (exact) mass is 429 g/mol. The molecule has 1 N–H and O–H groups in total. The largest absolute Gasteiger partial charge is 0.493 e. The minimum atomic E-state index is -0.782. The molecule has 1 aliphatic carbocycles. The average molecular weight is 430 g/mol. The van der Waals surface area contributed by atoms with Gasteiger partial charge in [-0.1, -0.05) is 43.2 Å². The topological polar surface area (TPSA) is 41.9 Å². The van der Waals surface area contributed by atoms with Crippen LogP contribution in [0.3, 0.4) is 0 Å². The number of benzene rings is 2. The van der Waals surface area contributed by atoms with Crippen LogP contribution in [0.1, 0.15) is 54.8 Å². The van der Waals surface area contributed by atoms with Gasteiger partial charge in [-0.05, 0) is 48.1 Å². The van der Waals surface area contributed by atoms with Crippen LogP contribution >= 0.6 is 12.4 Å². The summed E-state index contributed by atoms with van der Waals surface area (Å²) in [6.07, 6.45) is 6.53. The summed E-state index contributed by atoms with van der Waals surface area (Å²) in [7, 11) is 3.39. The molecule has 0 radical (unpaired) electrons. The molecule has 0 spiro atoms. The summed E-state index contributed by atoms with van der Waals surface area (Å²) >= 11 is 0. The van der Waals surface area contributed by atoms with Crippen molar-refractivity contribution in [1.29, 1.82) is 0 Å². The van der Waals surface area contributed by atoms with E-state index in [1.165, 1.54) is 30.4 Å². The second-order valence-corrected chi connectivity index (χ2v) is 8.86. The fraction of sp³-hybridized carbons (Fsp3) is 0.520. The Morgan fingerprint density at radius 1 is 1.00 bits per heavy atom. The number of fused-ring (bicyclic) bond motifs is 5. The number of aliphatic hydroxyl groups is 1. The number of piperidine rings is 1. The van der Waals surface area contributed by atoms with E-state index in [1.54, 1.807) is 14.2 Å². The maximum absolute atomic E-state index is 12.1. The van der Waals surface area contributed by atoms with Crippen LogP contribution in [0.15, 0.2) is 42.5 Å². The highest BCUT2D eigenvalue weighted by molar-refractivity contribution is 5.85. The number of ether oxygens (including phenoxy) is 2. The number of rotatable bonds is 3. The van der Waals surface area contributed by atoms with Crippen molar-refractivity contribution in [2.24, 2.45) is 5.92 Å². The van der Waals surface area contributed by atoms with Gasteiger partial charge in [-0.15, -0.1) is 12.4 Å². The summed E-state index contributed by atoms with van der Waals surface area (Å²) < 4.78 is 11.2. The number of hydrogen-bond donors (Lipinski definition) is 1. The molecule has 5 rings (SSSR count). The van der Waals surface area contributed by atoms with Crippen molar-refractivity contribution in [3.8, 4) is 11.5 Å². The quantitative estimate of drug-likeness (QED) is 0.755. The molecule has 1 saturated carbocycles. The lowest BCUT2D eigenvalue weighted by atomic mass is 9.63. The zero-order valence-corrected chi connectivity index (χ0v) is 18.7. The molecule has 0 amide bonds. The van der Waals surface area contributed by atoms with Crippen LogP contribution < -0.4 is 9.47 Å². The van der Waals surface area contributed by atoms with Gasteiger partial charge in [0, 0.05) is 31.0 Å². The van der Waals surface area contributed by atoms with Crippen molar-refractivity contribution >= 4 is 12.4 Å². The van der Waals surface area contributed by atoms with Crippen molar-refractivity contribution in [2.75, 3.05) is 20.8 Å². The van der Waals surface area contributed by atoms with Crippen LogP contribution in [-0.4, -0.2) is 36.8 Å². The van der Waals surface area contributed by atoms with E-state index in [4.69, 9.17) is 9.47 Å². The van der Waals surface area contributed by atoms with Gasteiger partial charge in [0.25, 0.3) is 0 Å². The summed E-state index contributed by atoms with van der Waals surface area (Å²) in [4.78, 5) is 2.69. The van der Waals surface area contributed by atoms with E-state index in [9.17, 15) is 5.11 Å². The molecule has 0 aromatic heterocycles. The maximum Gasteiger partial charge on any atom is 0.161 e. The van der Waals surface area contributed by atoms with E-state index in [0.717, 1.165) is 42.9 Å². The molecule has 2 aromatic carbocycles. The fourth-order valence-corrected chi connectivity index (χ4v) is 6.24. The molecule has 1 saturated heterocycles. The van der Waals surface area contributed by atoms with Gasteiger partial charge in [0.15, 0.2) is 11.5 Å². The Kier molecular flexibility index (Phi) is 6.02. The van der Waals surface area contributed by atoms with Crippen molar-refractivity contribution in [1.82, 2.24) is 4.90 Å². The van der Waals surface area contributed by atoms with Gasteiger partial charge in [-0.2, -0.15) is 0 Å². The minimum absolute atomic E-state index is 0. The molecule has 2 heterocycles. The molecule has 3 aliphatic rings. The highest BCUT2D eigenvalue weighted by Crippen LogP contribution is 2.55. The van der Waals surface area contributed by atoms with E-state index in [0.29, 0.717) is 12.0 Å². The molecule has 2 fully saturated rings. The Hall–Kier alpha value is -1.75. The summed E-state index contributed by atoms with van der Waals surface area (Å²) in [5.74, 6) is 1.88. The number of nitrogens with zero attached hydrogens (tertiary/aromatic N) is 1. The summed E-state index contributed by atoms with van der Waals surface area (Å²) in [5.41, 5.74) is 2.92. The normalized spacial score (nSPS) is 30.3. The number of hydrogen-bond acceptors (Lipinski definition) is 4. The molecule has 4 atom stereocenters. The average Bonchev–Trinajstić information content (AvgIpc) is 2.78. The van der Waals surface area contributed by atoms with Gasteiger partial charge in [0.2, 0.25) is 0 Å². The van der Waals surface area contributed by atoms with Gasteiger partial charge < -0.3 is 14.6 Å². The lowest BCUT2D eigenvalue weighted by Crippen LogP contribution is -2.59. The van der Waals surface area contributed by atoms with Crippen LogP contribution in [0.25, 0.3) is 0 Å². The first kappa shape index (κ1) is 21.5. The Bertz CT molecular complexity index is 889. The molecule has 0 bridgehead atoms. The molecule has 4 nitrogen and oxygen atoms in total. The lowest BCUT2D eigenvalue weighted by Gasteiger charge is -2.57. The maximum atomic E-state index is 12.1. The first-order chi connectivity index (χ1) is 14.2. The predicted molar refractivity (Wildman–Crippen MR) is 121 cm³/mol. The van der Waals surface area contributed by atoms with E-state index in [2.05, 4.69) is 41.3 Å². The molecule has 162 valence electrons. The highest BCUT2D eigenvalue weighted by atomic mass is 35.5. The van der Waals surface area contributed by atoms with Gasteiger partial charge >= 0.3 is 0 Å². The fourth-order valence-electron chi connectivity index (χ4n) is 6.24. The van der Waals surface area contributed by atoms with E-state index >= 15 is 0 Å². The second kappa shape index (κ2) is 8.41. The highest BCUT2D eigenvalue weighted by Gasteiger charge is 2.53. The number of halogens is 1. The first-order valence-corrected chi connectivity index (χ1v) is 10.9. The predicted octanol–water partition coefficient (Wildman–Crippen LogP) is 4.88. The third-order valence-corrected chi connectivity index (χ3v) is 7.59. The van der Waals surface area contributed by atoms with Gasteiger partial charge in [0.05, 0.1) is 19.8 Å². The summed E-state index contributed by atoms with van der Waals surface area (Å²) in [5, 5.41) is 12.1. The Morgan fingerprint density at radius 2 is 1.70 bits per heavy atom. The SMILES string of the molecule is COc1cc2c(cc1OC)C1CC(O)(c3ccccc3)C3CCCCC3N1CC2.Cl. The van der Waals surface area contributed by atoms with Crippen LogP contribution in [-0.2, 0) is 12.0 Å². The van der Waals surface area contributed by atoms with Crippen molar-refractivity contribution in [3.63, 3.8) is 0 Å². The third kappa shape index (κ3) is 3.30. The molecule has 2 aromatic rings. The standard InChI is InChI=1S/C25H31NO3.ClH/c1-28-23-14-17-12-13-26-21-11-7-6-10-20(21)25(27,18-8-4-3-5-9-18)16-22(26)19(17)15-24(23)29-2;/h3-5,8-9,14-15,20-22,27H,6-7,10-13,16H2,1-2H3;1H. The van der Waals surface area contributed by atoms with E-state index in [1.807, 2.05) is 6.07 Å². The smallest absolute Gasteiger partial charge is 0.161 e. The van der Waals surface area contributed by atoms with Crippen molar-refractivity contribution in [2.45, 2.75) is 56.2 Å². The third-order valence-electron chi connectivity index (χ3n) is 7.59. The van der Waals surface area contributed by atoms with Crippen LogP contribution in [0.5, 0.6) is 11.5 Å². The van der Waals surface area contributed by atoms with Gasteiger partial charge in [-0.3, -0.25) is 4.90 Å². The van der Waals surface area contributed by atoms with Crippen LogP contribution in [0, 0.1) is 5.92 Å². The summed E-state index contributed by atoms with van der Waals surface area (Å²) in [6, 6.07) is 15.3. The Balaban J connectivity index is 0.00000218. The minimum Gasteiger partial charge on any atom is -0.493 e. The summed E-state index contributed by atoms with van der Waals surface area (Å²) in [6.45, 7) is 1.05. The zero-order chi connectivity index (χ0) is 20.0. The molecule has 30 heavy (non-hydrogen) atoms. The molecule has 5 heteroatoms. The second-order valence-electron chi connectivity index (χ2n) is 8.86. The van der Waals surface area contributed by atoms with E-state index < -0.39 is 5.60 Å². The zero-order valence-electron chi connectivity index (χ0n) is 17.8. The molecular weight excluding hydrogens is 398 g/mol. The molecule has 2 aliphatic heterocycles. The first-order valence-electron chi connectivity index (χ1n) is 10.9. The molecule has 4 unspecified atom stereocenters. The van der Waals surface area contributed by atoms with Crippen LogP contribution in [0.4, 0.5) is 0 Å². The molecular formula is C25H32ClNO3. The lowest BCUT2D eigenvalue weighted by molar-refractivity contribution is -0.146. The van der Waals surface area contributed by atoms with Crippen molar-refractivity contribution in [3.05, 3.63) is 59.2 Å². The van der Waals surface area contributed by atoms with Gasteiger partial charge in [0.1, 0.15) is 0 Å². The van der Waals surface area contributed by atoms with E-state index in [-0.39, 0.29) is 18.4 Å². The Labute approximate surface area is 185 Å².